The van der Waals surface area contributed by atoms with Crippen molar-refractivity contribution in [3.8, 4) is 11.8 Å². The number of carbonyl (C=O) groups is 1. The number of aliphatic hydroxyl groups is 1. The first-order chi connectivity index (χ1) is 9.22. The lowest BCUT2D eigenvalue weighted by atomic mass is 10.0. The van der Waals surface area contributed by atoms with E-state index in [1.807, 2.05) is 0 Å². The number of carbonyl (C=O) groups excluding carboxylic acids is 1. The summed E-state index contributed by atoms with van der Waals surface area (Å²) in [6.07, 6.45) is -5.36. The zero-order valence-corrected chi connectivity index (χ0v) is 10.3. The van der Waals surface area contributed by atoms with Crippen LogP contribution in [0, 0.1) is 17.7 Å². The van der Waals surface area contributed by atoms with Crippen molar-refractivity contribution in [2.75, 3.05) is 6.61 Å². The van der Waals surface area contributed by atoms with Gasteiger partial charge in [-0.25, -0.2) is 9.18 Å². The van der Waals surface area contributed by atoms with E-state index >= 15 is 0 Å². The second-order valence-corrected chi connectivity index (χ2v) is 3.66. The first-order valence-corrected chi connectivity index (χ1v) is 5.46. The van der Waals surface area contributed by atoms with E-state index in [2.05, 4.69) is 4.74 Å². The number of alkyl halides is 3. The van der Waals surface area contributed by atoms with Gasteiger partial charge >= 0.3 is 17.7 Å². The predicted octanol–water partition coefficient (Wildman–Crippen LogP) is 2.03. The van der Waals surface area contributed by atoms with Gasteiger partial charge in [0.2, 0.25) is 0 Å². The summed E-state index contributed by atoms with van der Waals surface area (Å²) in [4.78, 5) is 11.2. The molecule has 0 saturated carbocycles. The van der Waals surface area contributed by atoms with Gasteiger partial charge in [-0.05, 0) is 25.0 Å². The lowest BCUT2D eigenvalue weighted by molar-refractivity contribution is -0.242. The molecule has 0 heterocycles. The average Bonchev–Trinajstić information content (AvgIpc) is 2.36. The summed E-state index contributed by atoms with van der Waals surface area (Å²) in [6, 6.07) is 4.78. The largest absolute Gasteiger partial charge is 0.463 e. The molecule has 3 nitrogen and oxygen atoms in total. The Hall–Kier alpha value is -2.07. The Morgan fingerprint density at radius 3 is 2.45 bits per heavy atom. The Morgan fingerprint density at radius 2 is 1.95 bits per heavy atom. The molecular formula is C13H10F4O3. The molecular weight excluding hydrogens is 280 g/mol. The third-order valence-corrected chi connectivity index (χ3v) is 2.23. The number of rotatable bonds is 2. The van der Waals surface area contributed by atoms with Crippen LogP contribution in [0.3, 0.4) is 0 Å². The summed E-state index contributed by atoms with van der Waals surface area (Å²) in [5.41, 5.74) is -4.37. The van der Waals surface area contributed by atoms with Gasteiger partial charge in [0, 0.05) is 0 Å². The molecule has 0 fully saturated rings. The molecule has 20 heavy (non-hydrogen) atoms. The lowest BCUT2D eigenvalue weighted by Crippen LogP contribution is -2.52. The zero-order valence-electron chi connectivity index (χ0n) is 10.3. The van der Waals surface area contributed by atoms with Gasteiger partial charge in [-0.2, -0.15) is 13.2 Å². The van der Waals surface area contributed by atoms with Crippen LogP contribution in [0.1, 0.15) is 12.5 Å². The molecule has 0 spiro atoms. The Kier molecular flexibility index (Phi) is 4.73. The van der Waals surface area contributed by atoms with E-state index in [0.717, 1.165) is 12.1 Å². The topological polar surface area (TPSA) is 46.5 Å². The number of esters is 1. The highest BCUT2D eigenvalue weighted by Crippen LogP contribution is 2.31. The molecule has 0 radical (unpaired) electrons. The van der Waals surface area contributed by atoms with Crippen LogP contribution in [0.2, 0.25) is 0 Å². The van der Waals surface area contributed by atoms with Crippen LogP contribution >= 0.6 is 0 Å². The molecule has 1 aromatic rings. The Balaban J connectivity index is 3.23. The summed E-state index contributed by atoms with van der Waals surface area (Å²) < 4.78 is 55.6. The van der Waals surface area contributed by atoms with E-state index in [1.54, 1.807) is 5.92 Å². The van der Waals surface area contributed by atoms with Gasteiger partial charge in [-0.15, -0.1) is 0 Å². The lowest BCUT2D eigenvalue weighted by Gasteiger charge is -2.22. The molecule has 0 aliphatic carbocycles. The molecule has 7 heteroatoms. The fourth-order valence-electron chi connectivity index (χ4n) is 1.19. The van der Waals surface area contributed by atoms with Crippen LogP contribution in [0.4, 0.5) is 17.6 Å². The van der Waals surface area contributed by atoms with Gasteiger partial charge in [0.05, 0.1) is 12.2 Å². The quantitative estimate of drug-likeness (QED) is 0.515. The minimum atomic E-state index is -5.36. The number of ether oxygens (including phenoxy) is 1. The molecule has 0 amide bonds. The molecule has 0 aliphatic heterocycles. The number of hydrogen-bond acceptors (Lipinski definition) is 3. The molecule has 1 aromatic carbocycles. The molecule has 1 N–H and O–H groups in total. The van der Waals surface area contributed by atoms with Crippen LogP contribution in [0.5, 0.6) is 0 Å². The summed E-state index contributed by atoms with van der Waals surface area (Å²) in [6.45, 7) is 0.914. The summed E-state index contributed by atoms with van der Waals surface area (Å²) in [5, 5.41) is 9.40. The Labute approximate surface area is 112 Å². The number of halogens is 4. The van der Waals surface area contributed by atoms with Crippen molar-refractivity contribution in [1.29, 1.82) is 0 Å². The number of benzene rings is 1. The highest BCUT2D eigenvalue weighted by molar-refractivity contribution is 5.84. The molecule has 0 aromatic heterocycles. The third-order valence-electron chi connectivity index (χ3n) is 2.23. The van der Waals surface area contributed by atoms with Crippen molar-refractivity contribution in [1.82, 2.24) is 0 Å². The van der Waals surface area contributed by atoms with Crippen molar-refractivity contribution in [3.63, 3.8) is 0 Å². The Bertz CT molecular complexity index is 557. The normalized spacial score (nSPS) is 13.9. The second kappa shape index (κ2) is 5.92. The van der Waals surface area contributed by atoms with Gasteiger partial charge in [0.15, 0.2) is 0 Å². The van der Waals surface area contributed by atoms with Crippen molar-refractivity contribution in [2.24, 2.45) is 0 Å². The SMILES string of the molecule is CCOC(=O)[C@](O)(C#Cc1ccccc1F)C(F)(F)F. The summed E-state index contributed by atoms with van der Waals surface area (Å²) >= 11 is 0. The molecule has 1 rings (SSSR count). The van der Waals surface area contributed by atoms with E-state index in [0.29, 0.717) is 0 Å². The third kappa shape index (κ3) is 3.27. The van der Waals surface area contributed by atoms with Crippen LogP contribution in [-0.4, -0.2) is 29.5 Å². The van der Waals surface area contributed by atoms with Crippen molar-refractivity contribution in [3.05, 3.63) is 35.6 Å². The molecule has 108 valence electrons. The van der Waals surface area contributed by atoms with Gasteiger partial charge in [-0.1, -0.05) is 18.1 Å². The minimum Gasteiger partial charge on any atom is -0.463 e. The highest BCUT2D eigenvalue weighted by Gasteiger charge is 2.60. The van der Waals surface area contributed by atoms with E-state index in [1.165, 1.54) is 25.0 Å². The maximum Gasteiger partial charge on any atom is 0.440 e. The standard InChI is InChI=1S/C13H10F4O3/c1-2-20-11(18)12(19,13(15,16)17)8-7-9-5-3-4-6-10(9)14/h3-6,19H,2H2,1H3/t12-/m1/s1. The first kappa shape index (κ1) is 16.0. The second-order valence-electron chi connectivity index (χ2n) is 3.66. The van der Waals surface area contributed by atoms with Gasteiger partial charge < -0.3 is 9.84 Å². The monoisotopic (exact) mass is 290 g/mol. The van der Waals surface area contributed by atoms with Gasteiger partial charge in [-0.3, -0.25) is 0 Å². The van der Waals surface area contributed by atoms with Crippen molar-refractivity contribution < 1.29 is 32.2 Å². The van der Waals surface area contributed by atoms with Gasteiger partial charge in [0.25, 0.3) is 0 Å². The van der Waals surface area contributed by atoms with Gasteiger partial charge in [0.1, 0.15) is 5.82 Å². The fourth-order valence-corrected chi connectivity index (χ4v) is 1.19. The van der Waals surface area contributed by atoms with Crippen molar-refractivity contribution in [2.45, 2.75) is 18.7 Å². The minimum absolute atomic E-state index is 0.362. The van der Waals surface area contributed by atoms with Crippen LogP contribution < -0.4 is 0 Å². The van der Waals surface area contributed by atoms with Crippen LogP contribution in [0.25, 0.3) is 0 Å². The van der Waals surface area contributed by atoms with Crippen LogP contribution in [0.15, 0.2) is 24.3 Å². The number of hydrogen-bond donors (Lipinski definition) is 1. The van der Waals surface area contributed by atoms with E-state index < -0.39 is 23.6 Å². The average molecular weight is 290 g/mol. The smallest absolute Gasteiger partial charge is 0.440 e. The van der Waals surface area contributed by atoms with E-state index in [4.69, 9.17) is 0 Å². The molecule has 1 atom stereocenters. The van der Waals surface area contributed by atoms with Crippen LogP contribution in [-0.2, 0) is 9.53 Å². The summed E-state index contributed by atoms with van der Waals surface area (Å²) in [5.74, 6) is 0.332. The van der Waals surface area contributed by atoms with E-state index in [9.17, 15) is 27.5 Å². The molecule has 0 bridgehead atoms. The maximum atomic E-state index is 13.2. The van der Waals surface area contributed by atoms with E-state index in [-0.39, 0.29) is 12.2 Å². The molecule has 0 saturated heterocycles. The molecule has 0 unspecified atom stereocenters. The highest BCUT2D eigenvalue weighted by atomic mass is 19.4. The van der Waals surface area contributed by atoms with Crippen molar-refractivity contribution >= 4 is 5.97 Å². The fraction of sp³-hybridized carbons (Fsp3) is 0.308. The molecule has 0 aliphatic rings. The summed E-state index contributed by atoms with van der Waals surface area (Å²) in [7, 11) is 0. The Morgan fingerprint density at radius 1 is 1.35 bits per heavy atom. The maximum absolute atomic E-state index is 13.2. The zero-order chi connectivity index (χ0) is 15.4. The first-order valence-electron chi connectivity index (χ1n) is 5.46. The predicted molar refractivity (Wildman–Crippen MR) is 60.9 cm³/mol.